The van der Waals surface area contributed by atoms with Crippen LogP contribution in [0.4, 0.5) is 18.9 Å². The molecule has 3 aliphatic heterocycles. The number of alkyl halides is 3. The minimum absolute atomic E-state index is 0.273. The van der Waals surface area contributed by atoms with Crippen LogP contribution < -0.4 is 10.6 Å². The number of nitrogens with two attached hydrogens (primary N) is 1. The molecule has 2 saturated heterocycles. The van der Waals surface area contributed by atoms with Crippen LogP contribution in [0.25, 0.3) is 0 Å². The van der Waals surface area contributed by atoms with Crippen molar-refractivity contribution in [3.05, 3.63) is 65.4 Å². The van der Waals surface area contributed by atoms with Gasteiger partial charge in [0.25, 0.3) is 0 Å². The molecule has 42 heavy (non-hydrogen) atoms. The van der Waals surface area contributed by atoms with Crippen LogP contribution in [0.2, 0.25) is 0 Å². The molecular weight excluding hydrogens is 545 g/mol. The van der Waals surface area contributed by atoms with Gasteiger partial charge in [-0.05, 0) is 81.0 Å². The number of furan rings is 1. The van der Waals surface area contributed by atoms with Crippen LogP contribution in [0.1, 0.15) is 51.4 Å². The third-order valence-electron chi connectivity index (χ3n) is 8.13. The number of likely N-dealkylation sites (tertiary alicyclic amines) is 1. The third-order valence-corrected chi connectivity index (χ3v) is 8.13. The van der Waals surface area contributed by atoms with Gasteiger partial charge in [0.15, 0.2) is 5.82 Å². The molecule has 1 unspecified atom stereocenters. The average Bonchev–Trinajstić information content (AvgIpc) is 3.53. The van der Waals surface area contributed by atoms with Crippen LogP contribution in [0.5, 0.6) is 0 Å². The number of guanidine groups is 2. The first-order valence-corrected chi connectivity index (χ1v) is 14.5. The number of piperidine rings is 1. The predicted molar refractivity (Wildman–Crippen MR) is 159 cm³/mol. The van der Waals surface area contributed by atoms with Gasteiger partial charge < -0.3 is 20.0 Å². The number of halogens is 3. The fraction of sp³-hybridized carbons (Fsp3) is 0.500. The van der Waals surface area contributed by atoms with Gasteiger partial charge in [-0.15, -0.1) is 0 Å². The van der Waals surface area contributed by atoms with Gasteiger partial charge in [-0.1, -0.05) is 6.92 Å². The van der Waals surface area contributed by atoms with Crippen LogP contribution in [0, 0.1) is 5.92 Å². The van der Waals surface area contributed by atoms with E-state index in [4.69, 9.17) is 15.1 Å². The van der Waals surface area contributed by atoms with E-state index in [-0.39, 0.29) is 5.96 Å². The molecule has 0 bridgehead atoms. The second-order valence-electron chi connectivity index (χ2n) is 11.1. The van der Waals surface area contributed by atoms with Crippen molar-refractivity contribution in [2.75, 3.05) is 50.7 Å². The monoisotopic (exact) mass is 584 g/mol. The SMILES string of the molecule is CC/C(C)=C1/N=C(N2CCCC(CN3CCN(c4ccc(C(F)(F)F)cc4)CC3)C2)N=C(N)N1/N=C(\C)c1ccco1. The molecule has 0 radical (unpaired) electrons. The standard InChI is InChI=1S/C30H39F3N8O/c1-4-21(2)27-35-29(36-28(34)41(27)37-22(3)26-8-6-18-42-26)40-13-5-7-23(20-40)19-38-14-16-39(17-15-38)25-11-9-24(10-12-25)30(31,32)33/h6,8-12,18,23H,4-5,7,13-17,19-20H2,1-3H3,(H2,34,35,36)/b27-21-,37-22+. The Bertz CT molecular complexity index is 1340. The molecule has 5 rings (SSSR count). The number of hydrogen-bond donors (Lipinski definition) is 1. The normalized spacial score (nSPS) is 22.3. The van der Waals surface area contributed by atoms with E-state index >= 15 is 0 Å². The van der Waals surface area contributed by atoms with E-state index in [1.807, 2.05) is 26.0 Å². The van der Waals surface area contributed by atoms with Crippen molar-refractivity contribution in [2.24, 2.45) is 26.7 Å². The summed E-state index contributed by atoms with van der Waals surface area (Å²) >= 11 is 0. The Hall–Kier alpha value is -3.80. The zero-order chi connectivity index (χ0) is 29.9. The maximum atomic E-state index is 12.9. The Balaban J connectivity index is 1.21. The highest BCUT2D eigenvalue weighted by atomic mass is 19.4. The molecule has 2 aromatic rings. The molecule has 2 fully saturated rings. The molecule has 0 amide bonds. The summed E-state index contributed by atoms with van der Waals surface area (Å²) in [6.45, 7) is 11.9. The first-order chi connectivity index (χ1) is 20.1. The van der Waals surface area contributed by atoms with Crippen molar-refractivity contribution in [3.63, 3.8) is 0 Å². The number of piperazine rings is 1. The lowest BCUT2D eigenvalue weighted by Crippen LogP contribution is -2.50. The number of anilines is 1. The van der Waals surface area contributed by atoms with Crippen molar-refractivity contribution in [3.8, 4) is 0 Å². The van der Waals surface area contributed by atoms with Gasteiger partial charge in [0, 0.05) is 51.5 Å². The highest BCUT2D eigenvalue weighted by Crippen LogP contribution is 2.31. The molecule has 9 nitrogen and oxygen atoms in total. The number of benzene rings is 1. The number of nitrogens with zero attached hydrogens (tertiary/aromatic N) is 7. The van der Waals surface area contributed by atoms with Crippen LogP contribution in [0.15, 0.2) is 73.6 Å². The molecule has 1 aromatic carbocycles. The van der Waals surface area contributed by atoms with Crippen molar-refractivity contribution >= 4 is 23.3 Å². The summed E-state index contributed by atoms with van der Waals surface area (Å²) in [5.74, 6) is 2.69. The van der Waals surface area contributed by atoms with E-state index < -0.39 is 11.7 Å². The van der Waals surface area contributed by atoms with Gasteiger partial charge in [-0.3, -0.25) is 4.90 Å². The average molecular weight is 585 g/mol. The molecular formula is C30H39F3N8O. The number of allylic oxidation sites excluding steroid dienone is 1. The summed E-state index contributed by atoms with van der Waals surface area (Å²) in [7, 11) is 0. The zero-order valence-corrected chi connectivity index (χ0v) is 24.4. The van der Waals surface area contributed by atoms with Crippen LogP contribution in [0.3, 0.4) is 0 Å². The molecule has 0 saturated carbocycles. The van der Waals surface area contributed by atoms with Gasteiger partial charge in [0.05, 0.1) is 11.8 Å². The number of aliphatic imine (C=N–C) groups is 2. The number of rotatable bonds is 6. The van der Waals surface area contributed by atoms with Crippen LogP contribution in [-0.4, -0.2) is 78.3 Å². The Morgan fingerprint density at radius 2 is 1.76 bits per heavy atom. The Morgan fingerprint density at radius 1 is 1.02 bits per heavy atom. The first-order valence-electron chi connectivity index (χ1n) is 14.5. The summed E-state index contributed by atoms with van der Waals surface area (Å²) < 4.78 is 44.3. The van der Waals surface area contributed by atoms with Crippen LogP contribution >= 0.6 is 0 Å². The maximum Gasteiger partial charge on any atom is 0.416 e. The fourth-order valence-corrected chi connectivity index (χ4v) is 5.59. The van der Waals surface area contributed by atoms with Crippen molar-refractivity contribution in [1.29, 1.82) is 0 Å². The lowest BCUT2D eigenvalue weighted by Gasteiger charge is -2.40. The first kappa shape index (κ1) is 29.7. The molecule has 226 valence electrons. The summed E-state index contributed by atoms with van der Waals surface area (Å²) in [6, 6.07) is 9.14. The van der Waals surface area contributed by atoms with E-state index in [1.165, 1.54) is 0 Å². The highest BCUT2D eigenvalue weighted by Gasteiger charge is 2.31. The van der Waals surface area contributed by atoms with E-state index in [9.17, 15) is 13.2 Å². The van der Waals surface area contributed by atoms with Gasteiger partial charge >= 0.3 is 6.18 Å². The molecule has 0 spiro atoms. The zero-order valence-electron chi connectivity index (χ0n) is 24.4. The quantitative estimate of drug-likeness (QED) is 0.471. The lowest BCUT2D eigenvalue weighted by molar-refractivity contribution is -0.137. The van der Waals surface area contributed by atoms with Crippen LogP contribution in [-0.2, 0) is 6.18 Å². The fourth-order valence-electron chi connectivity index (χ4n) is 5.59. The largest absolute Gasteiger partial charge is 0.463 e. The Labute approximate surface area is 244 Å². The molecule has 4 heterocycles. The number of hydrazone groups is 1. The summed E-state index contributed by atoms with van der Waals surface area (Å²) in [6.07, 6.45) is 0.253. The van der Waals surface area contributed by atoms with Gasteiger partial charge in [-0.25, -0.2) is 0 Å². The molecule has 3 aliphatic rings. The molecule has 12 heteroatoms. The summed E-state index contributed by atoms with van der Waals surface area (Å²) in [5, 5.41) is 6.28. The molecule has 1 atom stereocenters. The summed E-state index contributed by atoms with van der Waals surface area (Å²) in [4.78, 5) is 16.4. The Morgan fingerprint density at radius 3 is 2.40 bits per heavy atom. The second kappa shape index (κ2) is 12.6. The highest BCUT2D eigenvalue weighted by molar-refractivity contribution is 6.00. The molecule has 1 aromatic heterocycles. The van der Waals surface area contributed by atoms with E-state index in [0.29, 0.717) is 29.2 Å². The van der Waals surface area contributed by atoms with Gasteiger partial charge in [0.2, 0.25) is 11.9 Å². The topological polar surface area (TPSA) is 89.2 Å². The second-order valence-corrected chi connectivity index (χ2v) is 11.1. The Kier molecular flexibility index (Phi) is 8.91. The smallest absolute Gasteiger partial charge is 0.416 e. The van der Waals surface area contributed by atoms with Crippen molar-refractivity contribution in [1.82, 2.24) is 14.8 Å². The predicted octanol–water partition coefficient (Wildman–Crippen LogP) is 5.18. The minimum atomic E-state index is -4.31. The number of hydrogen-bond acceptors (Lipinski definition) is 9. The minimum Gasteiger partial charge on any atom is -0.463 e. The molecule has 0 aliphatic carbocycles. The molecule has 2 N–H and O–H groups in total. The van der Waals surface area contributed by atoms with Crippen molar-refractivity contribution in [2.45, 2.75) is 46.2 Å². The van der Waals surface area contributed by atoms with E-state index in [2.05, 4.69) is 31.7 Å². The van der Waals surface area contributed by atoms with Gasteiger partial charge in [0.1, 0.15) is 11.5 Å². The lowest BCUT2D eigenvalue weighted by atomic mass is 9.97. The van der Waals surface area contributed by atoms with Crippen molar-refractivity contribution < 1.29 is 17.6 Å². The van der Waals surface area contributed by atoms with E-state index in [1.54, 1.807) is 23.4 Å². The third kappa shape index (κ3) is 6.80. The summed E-state index contributed by atoms with van der Waals surface area (Å²) in [5.41, 5.74) is 8.42. The van der Waals surface area contributed by atoms with E-state index in [0.717, 1.165) is 88.5 Å². The maximum absolute atomic E-state index is 12.9. The van der Waals surface area contributed by atoms with Gasteiger partial charge in [-0.2, -0.15) is 33.3 Å².